The van der Waals surface area contributed by atoms with Crippen LogP contribution >= 0.6 is 0 Å². The van der Waals surface area contributed by atoms with E-state index >= 15 is 0 Å². The Morgan fingerprint density at radius 2 is 1.85 bits per heavy atom. The summed E-state index contributed by atoms with van der Waals surface area (Å²) < 4.78 is 26.6. The van der Waals surface area contributed by atoms with Gasteiger partial charge in [0.1, 0.15) is 0 Å². The Kier molecular flexibility index (Phi) is 3.73. The molecule has 8 heteroatoms. The molecule has 2 aromatic carbocycles. The van der Waals surface area contributed by atoms with E-state index in [1.54, 1.807) is 24.3 Å². The predicted molar refractivity (Wildman–Crippen MR) is 93.0 cm³/mol. The minimum Gasteiger partial charge on any atom is -0.322 e. The zero-order valence-corrected chi connectivity index (χ0v) is 14.3. The summed E-state index contributed by atoms with van der Waals surface area (Å²) in [5, 5.41) is 2.51. The van der Waals surface area contributed by atoms with Gasteiger partial charge in [0.25, 0.3) is 11.8 Å². The summed E-state index contributed by atoms with van der Waals surface area (Å²) in [6.07, 6.45) is 0.176. The summed E-state index contributed by atoms with van der Waals surface area (Å²) in [4.78, 5) is 41.1. The van der Waals surface area contributed by atoms with Crippen LogP contribution in [0.1, 0.15) is 23.2 Å². The minimum atomic E-state index is -1.56. The topological polar surface area (TPSA) is 69.7 Å². The number of halogens is 2. The molecule has 2 aliphatic rings. The Morgan fingerprint density at radius 3 is 2.59 bits per heavy atom. The van der Waals surface area contributed by atoms with Crippen LogP contribution in [0.5, 0.6) is 0 Å². The van der Waals surface area contributed by atoms with Crippen LogP contribution in [0.2, 0.25) is 0 Å². The molecule has 2 aliphatic heterocycles. The molecule has 2 aromatic rings. The SMILES string of the molecule is CN1C(=O)c2ccccc2N2C(=O)CC[C@@]12C(=O)Nc1ccc(F)c(F)c1. The fourth-order valence-corrected chi connectivity index (χ4v) is 3.73. The van der Waals surface area contributed by atoms with E-state index in [-0.39, 0.29) is 24.4 Å². The zero-order valence-electron chi connectivity index (χ0n) is 14.3. The standard InChI is InChI=1S/C19H15F2N3O3/c1-23-17(26)12-4-2-3-5-15(12)24-16(25)8-9-19(23,24)18(27)22-11-6-7-13(20)14(21)10-11/h2-7,10H,8-9H2,1H3,(H,22,27)/t19-/m1/s1. The Balaban J connectivity index is 1.79. The molecule has 1 fully saturated rings. The summed E-state index contributed by atoms with van der Waals surface area (Å²) in [5.41, 5.74) is -0.838. The van der Waals surface area contributed by atoms with Gasteiger partial charge in [-0.25, -0.2) is 8.78 Å². The van der Waals surface area contributed by atoms with E-state index in [1.165, 1.54) is 22.9 Å². The highest BCUT2D eigenvalue weighted by Gasteiger charge is 2.59. The van der Waals surface area contributed by atoms with Gasteiger partial charge in [-0.3, -0.25) is 19.3 Å². The minimum absolute atomic E-state index is 0.0345. The molecule has 4 rings (SSSR count). The highest BCUT2D eigenvalue weighted by atomic mass is 19.2. The number of anilines is 2. The molecule has 6 nitrogen and oxygen atoms in total. The first-order chi connectivity index (χ1) is 12.9. The van der Waals surface area contributed by atoms with Gasteiger partial charge >= 0.3 is 0 Å². The van der Waals surface area contributed by atoms with Crippen LogP contribution in [0, 0.1) is 11.6 Å². The molecule has 1 atom stereocenters. The van der Waals surface area contributed by atoms with E-state index in [0.717, 1.165) is 12.1 Å². The molecular formula is C19H15F2N3O3. The van der Waals surface area contributed by atoms with Crippen molar-refractivity contribution in [3.8, 4) is 0 Å². The van der Waals surface area contributed by atoms with Crippen LogP contribution in [0.4, 0.5) is 20.2 Å². The first-order valence-electron chi connectivity index (χ1n) is 8.33. The van der Waals surface area contributed by atoms with E-state index in [2.05, 4.69) is 5.32 Å². The molecule has 0 spiro atoms. The van der Waals surface area contributed by atoms with Crippen molar-refractivity contribution in [3.05, 3.63) is 59.7 Å². The average molecular weight is 371 g/mol. The molecule has 3 amide bonds. The fourth-order valence-electron chi connectivity index (χ4n) is 3.73. The van der Waals surface area contributed by atoms with E-state index in [1.807, 2.05) is 0 Å². The van der Waals surface area contributed by atoms with Gasteiger partial charge in [-0.2, -0.15) is 0 Å². The van der Waals surface area contributed by atoms with Crippen LogP contribution in [-0.4, -0.2) is 35.3 Å². The van der Waals surface area contributed by atoms with Crippen LogP contribution in [0.25, 0.3) is 0 Å². The van der Waals surface area contributed by atoms with E-state index in [9.17, 15) is 23.2 Å². The third-order valence-electron chi connectivity index (χ3n) is 5.08. The highest BCUT2D eigenvalue weighted by Crippen LogP contribution is 2.44. The molecule has 0 unspecified atom stereocenters. The first-order valence-corrected chi connectivity index (χ1v) is 8.33. The molecule has 2 heterocycles. The number of amides is 3. The summed E-state index contributed by atoms with van der Waals surface area (Å²) in [5.74, 6) is -3.49. The quantitative estimate of drug-likeness (QED) is 0.882. The van der Waals surface area contributed by atoms with Crippen molar-refractivity contribution in [1.29, 1.82) is 0 Å². The van der Waals surface area contributed by atoms with Crippen LogP contribution < -0.4 is 10.2 Å². The third-order valence-corrected chi connectivity index (χ3v) is 5.08. The number of carbonyl (C=O) groups excluding carboxylic acids is 3. The van der Waals surface area contributed by atoms with Gasteiger partial charge < -0.3 is 10.2 Å². The molecule has 0 saturated carbocycles. The van der Waals surface area contributed by atoms with Crippen LogP contribution in [-0.2, 0) is 9.59 Å². The van der Waals surface area contributed by atoms with Crippen molar-refractivity contribution in [1.82, 2.24) is 4.90 Å². The molecule has 0 radical (unpaired) electrons. The second-order valence-electron chi connectivity index (χ2n) is 6.51. The van der Waals surface area contributed by atoms with Crippen molar-refractivity contribution in [2.45, 2.75) is 18.5 Å². The maximum absolute atomic E-state index is 13.5. The van der Waals surface area contributed by atoms with Gasteiger partial charge in [0.2, 0.25) is 11.6 Å². The predicted octanol–water partition coefficient (Wildman–Crippen LogP) is 2.51. The van der Waals surface area contributed by atoms with Gasteiger partial charge in [-0.15, -0.1) is 0 Å². The fraction of sp³-hybridized carbons (Fsp3) is 0.211. The second kappa shape index (κ2) is 5.87. The van der Waals surface area contributed by atoms with Crippen molar-refractivity contribution >= 4 is 29.1 Å². The van der Waals surface area contributed by atoms with Crippen molar-refractivity contribution in [3.63, 3.8) is 0 Å². The normalized spacial score (nSPS) is 21.1. The number of likely N-dealkylation sites (N-methyl/N-ethyl adjacent to an activating group) is 1. The van der Waals surface area contributed by atoms with E-state index in [0.29, 0.717) is 11.3 Å². The number of carbonyl (C=O) groups is 3. The monoisotopic (exact) mass is 371 g/mol. The molecule has 0 bridgehead atoms. The van der Waals surface area contributed by atoms with Crippen molar-refractivity contribution in [2.24, 2.45) is 0 Å². The number of nitrogens with zero attached hydrogens (tertiary/aromatic N) is 2. The maximum atomic E-state index is 13.5. The Morgan fingerprint density at radius 1 is 1.11 bits per heavy atom. The molecule has 27 heavy (non-hydrogen) atoms. The molecular weight excluding hydrogens is 356 g/mol. The number of hydrogen-bond donors (Lipinski definition) is 1. The van der Waals surface area contributed by atoms with Gasteiger partial charge in [-0.05, 0) is 24.3 Å². The average Bonchev–Trinajstić information content (AvgIpc) is 3.01. The van der Waals surface area contributed by atoms with Crippen molar-refractivity contribution in [2.75, 3.05) is 17.3 Å². The lowest BCUT2D eigenvalue weighted by atomic mass is 9.96. The molecule has 138 valence electrons. The molecule has 1 saturated heterocycles. The lowest BCUT2D eigenvalue weighted by molar-refractivity contribution is -0.128. The largest absolute Gasteiger partial charge is 0.322 e. The van der Waals surface area contributed by atoms with E-state index < -0.39 is 29.1 Å². The number of fused-ring (bicyclic) bond motifs is 3. The molecule has 0 aromatic heterocycles. The van der Waals surface area contributed by atoms with Crippen LogP contribution in [0.3, 0.4) is 0 Å². The summed E-state index contributed by atoms with van der Waals surface area (Å²) >= 11 is 0. The van der Waals surface area contributed by atoms with E-state index in [4.69, 9.17) is 0 Å². The second-order valence-corrected chi connectivity index (χ2v) is 6.51. The number of nitrogens with one attached hydrogen (secondary N) is 1. The van der Waals surface area contributed by atoms with Gasteiger partial charge in [-0.1, -0.05) is 12.1 Å². The lowest BCUT2D eigenvalue weighted by Gasteiger charge is -2.47. The van der Waals surface area contributed by atoms with Gasteiger partial charge in [0.05, 0.1) is 11.3 Å². The lowest BCUT2D eigenvalue weighted by Crippen LogP contribution is -2.68. The Labute approximate surface area is 153 Å². The van der Waals surface area contributed by atoms with Gasteiger partial charge in [0, 0.05) is 31.6 Å². The smallest absolute Gasteiger partial charge is 0.271 e. The summed E-state index contributed by atoms with van der Waals surface area (Å²) in [7, 11) is 1.45. The maximum Gasteiger partial charge on any atom is 0.271 e. The molecule has 1 N–H and O–H groups in total. The molecule has 0 aliphatic carbocycles. The Bertz CT molecular complexity index is 994. The van der Waals surface area contributed by atoms with Crippen molar-refractivity contribution < 1.29 is 23.2 Å². The first kappa shape index (κ1) is 17.1. The van der Waals surface area contributed by atoms with Gasteiger partial charge in [0.15, 0.2) is 11.6 Å². The Hall–Kier alpha value is -3.29. The highest BCUT2D eigenvalue weighted by molar-refractivity contribution is 6.18. The number of hydrogen-bond acceptors (Lipinski definition) is 3. The van der Waals surface area contributed by atoms with Crippen LogP contribution in [0.15, 0.2) is 42.5 Å². The summed E-state index contributed by atoms with van der Waals surface area (Å²) in [6.45, 7) is 0. The summed E-state index contributed by atoms with van der Waals surface area (Å²) in [6, 6.07) is 9.53. The number of para-hydroxylation sites is 1. The number of rotatable bonds is 2. The third kappa shape index (κ3) is 2.33. The number of benzene rings is 2. The zero-order chi connectivity index (χ0) is 19.3.